The smallest absolute Gasteiger partial charge is 0.126 e. The number of alkyl halides is 1. The molecule has 66 valence electrons. The van der Waals surface area contributed by atoms with E-state index in [2.05, 4.69) is 35.9 Å². The molecule has 2 heteroatoms. The monoisotopic (exact) mass is 228 g/mol. The zero-order valence-electron chi connectivity index (χ0n) is 7.38. The molecule has 0 amide bonds. The summed E-state index contributed by atoms with van der Waals surface area (Å²) in [4.78, 5) is 0.531. The maximum Gasteiger partial charge on any atom is 0.126 e. The average molecular weight is 229 g/mol. The van der Waals surface area contributed by atoms with Crippen molar-refractivity contribution in [2.75, 3.05) is 0 Å². The van der Waals surface area contributed by atoms with E-state index in [0.717, 1.165) is 12.2 Å². The van der Waals surface area contributed by atoms with Crippen LogP contribution in [0, 0.1) is 0 Å². The van der Waals surface area contributed by atoms with Crippen molar-refractivity contribution in [3.8, 4) is 0 Å². The second-order valence-electron chi connectivity index (χ2n) is 2.99. The van der Waals surface area contributed by atoms with Gasteiger partial charge in [0.25, 0.3) is 0 Å². The van der Waals surface area contributed by atoms with Crippen molar-refractivity contribution in [2.24, 2.45) is 0 Å². The van der Waals surface area contributed by atoms with Crippen LogP contribution in [0.3, 0.4) is 0 Å². The van der Waals surface area contributed by atoms with Gasteiger partial charge in [0.2, 0.25) is 0 Å². The molecule has 0 N–H and O–H groups in total. The minimum absolute atomic E-state index is 0.531. The van der Waals surface area contributed by atoms with E-state index in [9.17, 15) is 0 Å². The summed E-state index contributed by atoms with van der Waals surface area (Å²) in [6, 6.07) is 3.86. The first-order chi connectivity index (χ1) is 5.68. The van der Waals surface area contributed by atoms with Crippen molar-refractivity contribution in [1.29, 1.82) is 0 Å². The number of hydrogen-bond donors (Lipinski definition) is 0. The highest BCUT2D eigenvalue weighted by Gasteiger charge is 1.98. The van der Waals surface area contributed by atoms with E-state index >= 15 is 0 Å². The van der Waals surface area contributed by atoms with E-state index in [-0.39, 0.29) is 0 Å². The summed E-state index contributed by atoms with van der Waals surface area (Å²) in [5.41, 5.74) is 1.33. The minimum atomic E-state index is 0.531. The van der Waals surface area contributed by atoms with E-state index in [1.165, 1.54) is 5.57 Å². The number of allylic oxidation sites excluding steroid dienone is 1. The third-order valence-electron chi connectivity index (χ3n) is 1.54. The predicted molar refractivity (Wildman–Crippen MR) is 55.4 cm³/mol. The topological polar surface area (TPSA) is 13.1 Å². The van der Waals surface area contributed by atoms with Gasteiger partial charge < -0.3 is 4.42 Å². The molecule has 0 spiro atoms. The van der Waals surface area contributed by atoms with Crippen molar-refractivity contribution in [1.82, 2.24) is 0 Å². The summed E-state index contributed by atoms with van der Waals surface area (Å²) >= 11 is 3.51. The number of hydrogen-bond acceptors (Lipinski definition) is 1. The van der Waals surface area contributed by atoms with Gasteiger partial charge in [-0.1, -0.05) is 28.4 Å². The van der Waals surface area contributed by atoms with Crippen LogP contribution in [0.15, 0.2) is 28.4 Å². The molecule has 0 saturated carbocycles. The Morgan fingerprint density at radius 2 is 2.50 bits per heavy atom. The Morgan fingerprint density at radius 1 is 1.75 bits per heavy atom. The van der Waals surface area contributed by atoms with Crippen LogP contribution in [-0.4, -0.2) is 4.83 Å². The molecular weight excluding hydrogens is 216 g/mol. The summed E-state index contributed by atoms with van der Waals surface area (Å²) in [5.74, 6) is 0.931. The SMILES string of the molecule is C/C(=C\c1ccco1)CC(C)Br. The van der Waals surface area contributed by atoms with E-state index in [4.69, 9.17) is 4.42 Å². The van der Waals surface area contributed by atoms with Crippen LogP contribution in [0.1, 0.15) is 26.0 Å². The third kappa shape index (κ3) is 3.26. The van der Waals surface area contributed by atoms with Gasteiger partial charge in [-0.3, -0.25) is 0 Å². The van der Waals surface area contributed by atoms with Crippen LogP contribution < -0.4 is 0 Å². The van der Waals surface area contributed by atoms with Crippen LogP contribution in [0.2, 0.25) is 0 Å². The van der Waals surface area contributed by atoms with Crippen molar-refractivity contribution >= 4 is 22.0 Å². The Labute approximate surface area is 81.6 Å². The largest absolute Gasteiger partial charge is 0.465 e. The van der Waals surface area contributed by atoms with Crippen molar-refractivity contribution < 1.29 is 4.42 Å². The van der Waals surface area contributed by atoms with Crippen LogP contribution in [0.4, 0.5) is 0 Å². The van der Waals surface area contributed by atoms with E-state index in [1.54, 1.807) is 6.26 Å². The number of furan rings is 1. The zero-order chi connectivity index (χ0) is 8.97. The highest BCUT2D eigenvalue weighted by Crippen LogP contribution is 2.15. The Hall–Kier alpha value is -0.500. The molecule has 12 heavy (non-hydrogen) atoms. The molecule has 0 aliphatic rings. The molecule has 1 heterocycles. The fraction of sp³-hybridized carbons (Fsp3) is 0.400. The van der Waals surface area contributed by atoms with Gasteiger partial charge in [-0.05, 0) is 31.6 Å². The van der Waals surface area contributed by atoms with Gasteiger partial charge in [-0.25, -0.2) is 0 Å². The number of rotatable bonds is 3. The molecular formula is C10H13BrO. The number of halogens is 1. The lowest BCUT2D eigenvalue weighted by Crippen LogP contribution is -1.89. The first kappa shape index (κ1) is 9.59. The second kappa shape index (κ2) is 4.51. The van der Waals surface area contributed by atoms with Gasteiger partial charge in [0, 0.05) is 4.83 Å². The molecule has 0 bridgehead atoms. The van der Waals surface area contributed by atoms with Gasteiger partial charge >= 0.3 is 0 Å². The molecule has 1 rings (SSSR count). The molecule has 0 aromatic carbocycles. The molecule has 1 unspecified atom stereocenters. The molecule has 1 nitrogen and oxygen atoms in total. The van der Waals surface area contributed by atoms with Gasteiger partial charge in [-0.2, -0.15) is 0 Å². The van der Waals surface area contributed by atoms with Gasteiger partial charge in [0.15, 0.2) is 0 Å². The van der Waals surface area contributed by atoms with Crippen LogP contribution in [-0.2, 0) is 0 Å². The Morgan fingerprint density at radius 3 is 3.00 bits per heavy atom. The predicted octanol–water partition coefficient (Wildman–Crippen LogP) is 3.86. The van der Waals surface area contributed by atoms with Crippen molar-refractivity contribution in [3.05, 3.63) is 29.7 Å². The van der Waals surface area contributed by atoms with Gasteiger partial charge in [0.1, 0.15) is 5.76 Å². The lowest BCUT2D eigenvalue weighted by atomic mass is 10.1. The Bertz CT molecular complexity index is 247. The normalized spacial score (nSPS) is 14.8. The quantitative estimate of drug-likeness (QED) is 0.717. The lowest BCUT2D eigenvalue weighted by molar-refractivity contribution is 0.556. The maximum absolute atomic E-state index is 5.19. The lowest BCUT2D eigenvalue weighted by Gasteiger charge is -2.01. The molecule has 0 fully saturated rings. The maximum atomic E-state index is 5.19. The fourth-order valence-electron chi connectivity index (χ4n) is 1.12. The molecule has 0 radical (unpaired) electrons. The van der Waals surface area contributed by atoms with E-state index < -0.39 is 0 Å². The van der Waals surface area contributed by atoms with E-state index in [1.807, 2.05) is 12.1 Å². The van der Waals surface area contributed by atoms with Gasteiger partial charge in [0.05, 0.1) is 6.26 Å². The third-order valence-corrected chi connectivity index (χ3v) is 1.86. The molecule has 1 atom stereocenters. The Kier molecular flexibility index (Phi) is 3.60. The molecule has 0 aliphatic heterocycles. The highest BCUT2D eigenvalue weighted by atomic mass is 79.9. The fourth-order valence-corrected chi connectivity index (χ4v) is 1.63. The summed E-state index contributed by atoms with van der Waals surface area (Å²) in [7, 11) is 0. The summed E-state index contributed by atoms with van der Waals surface area (Å²) in [6.07, 6.45) is 4.81. The van der Waals surface area contributed by atoms with Gasteiger partial charge in [-0.15, -0.1) is 0 Å². The summed E-state index contributed by atoms with van der Waals surface area (Å²) < 4.78 is 5.19. The van der Waals surface area contributed by atoms with Crippen molar-refractivity contribution in [3.63, 3.8) is 0 Å². The summed E-state index contributed by atoms with van der Waals surface area (Å²) in [5, 5.41) is 0. The average Bonchev–Trinajstić information content (AvgIpc) is 2.37. The molecule has 1 aromatic heterocycles. The standard InChI is InChI=1S/C10H13BrO/c1-8(6-9(2)11)7-10-4-3-5-12-10/h3-5,7,9H,6H2,1-2H3/b8-7+. The Balaban J connectivity index is 2.57. The molecule has 0 saturated heterocycles. The second-order valence-corrected chi connectivity index (χ2v) is 4.55. The molecule has 1 aromatic rings. The zero-order valence-corrected chi connectivity index (χ0v) is 8.97. The van der Waals surface area contributed by atoms with Crippen LogP contribution >= 0.6 is 15.9 Å². The highest BCUT2D eigenvalue weighted by molar-refractivity contribution is 9.09. The van der Waals surface area contributed by atoms with Crippen LogP contribution in [0.25, 0.3) is 6.08 Å². The van der Waals surface area contributed by atoms with E-state index in [0.29, 0.717) is 4.83 Å². The van der Waals surface area contributed by atoms with Crippen molar-refractivity contribution in [2.45, 2.75) is 25.1 Å². The first-order valence-corrected chi connectivity index (χ1v) is 4.95. The van der Waals surface area contributed by atoms with Crippen LogP contribution in [0.5, 0.6) is 0 Å². The molecule has 0 aliphatic carbocycles. The first-order valence-electron chi connectivity index (χ1n) is 4.03. The minimum Gasteiger partial charge on any atom is -0.465 e. The summed E-state index contributed by atoms with van der Waals surface area (Å²) in [6.45, 7) is 4.25.